The zero-order chi connectivity index (χ0) is 25.5. The lowest BCUT2D eigenvalue weighted by molar-refractivity contribution is 0.237. The summed E-state index contributed by atoms with van der Waals surface area (Å²) >= 11 is 0. The minimum absolute atomic E-state index is 0.148. The fraction of sp³-hybridized carbons (Fsp3) is 0.406. The van der Waals surface area contributed by atoms with E-state index in [2.05, 4.69) is 110 Å². The predicted molar refractivity (Wildman–Crippen MR) is 153 cm³/mol. The first-order valence-corrected chi connectivity index (χ1v) is 13.6. The van der Waals surface area contributed by atoms with E-state index < -0.39 is 0 Å². The minimum Gasteiger partial charge on any atom is -0.365 e. The van der Waals surface area contributed by atoms with Crippen molar-refractivity contribution in [1.82, 2.24) is 5.32 Å². The number of hydrogen-bond donors (Lipinski definition) is 3. The van der Waals surface area contributed by atoms with Crippen LogP contribution in [0, 0.1) is 5.92 Å². The summed E-state index contributed by atoms with van der Waals surface area (Å²) < 4.78 is 0. The van der Waals surface area contributed by atoms with Gasteiger partial charge >= 0.3 is 6.03 Å². The maximum atomic E-state index is 13.5. The van der Waals surface area contributed by atoms with Crippen molar-refractivity contribution in [3.63, 3.8) is 0 Å². The highest BCUT2D eigenvalue weighted by atomic mass is 16.2. The normalized spacial score (nSPS) is 15.1. The molecule has 4 rings (SSSR count). The summed E-state index contributed by atoms with van der Waals surface area (Å²) in [6, 6.07) is 25.0. The molecule has 3 aromatic rings. The van der Waals surface area contributed by atoms with E-state index in [1.54, 1.807) is 0 Å². The predicted octanol–water partition coefficient (Wildman–Crippen LogP) is 8.74. The molecule has 190 valence electrons. The molecule has 4 nitrogen and oxygen atoms in total. The van der Waals surface area contributed by atoms with Crippen LogP contribution >= 0.6 is 0 Å². The minimum atomic E-state index is -0.149. The standard InChI is InChI=1S/C32H41N3O/c1-22(2)26-19-13-20-27(23(3)4)30(26)34-32(36)35-31(25-16-9-6-10-17-25)33-29-21-12-11-18-28(29)24-14-7-5-8-15-24/h5,7-8,11-15,18-23,25,31,33H,6,9-10,16-17H2,1-4H3,(H2,34,35,36). The van der Waals surface area contributed by atoms with Crippen LogP contribution in [-0.2, 0) is 0 Å². The van der Waals surface area contributed by atoms with Gasteiger partial charge in [0.2, 0.25) is 0 Å². The Bertz CT molecular complexity index is 1110. The molecule has 3 N–H and O–H groups in total. The van der Waals surface area contributed by atoms with Crippen molar-refractivity contribution in [3.8, 4) is 11.1 Å². The summed E-state index contributed by atoms with van der Waals surface area (Å²) in [5, 5.41) is 10.3. The second kappa shape index (κ2) is 12.1. The molecule has 1 atom stereocenters. The summed E-state index contributed by atoms with van der Waals surface area (Å²) in [4.78, 5) is 13.5. The van der Waals surface area contributed by atoms with E-state index in [1.165, 1.54) is 36.0 Å². The van der Waals surface area contributed by atoms with E-state index in [0.29, 0.717) is 17.8 Å². The first kappa shape index (κ1) is 25.8. The van der Waals surface area contributed by atoms with E-state index in [1.807, 2.05) is 6.07 Å². The Labute approximate surface area is 216 Å². The molecule has 3 aromatic carbocycles. The SMILES string of the molecule is CC(C)c1cccc(C(C)C)c1NC(=O)NC(Nc1ccccc1-c1ccccc1)C1CCCCC1. The van der Waals surface area contributed by atoms with Gasteiger partial charge in [0.25, 0.3) is 0 Å². The lowest BCUT2D eigenvalue weighted by Gasteiger charge is -2.33. The molecule has 1 aliphatic rings. The quantitative estimate of drug-likeness (QED) is 0.281. The largest absolute Gasteiger partial charge is 0.365 e. The molecule has 0 saturated heterocycles. The van der Waals surface area contributed by atoms with Crippen LogP contribution in [0.2, 0.25) is 0 Å². The second-order valence-corrected chi connectivity index (χ2v) is 10.7. The molecular weight excluding hydrogens is 442 g/mol. The number of amides is 2. The summed E-state index contributed by atoms with van der Waals surface area (Å²) in [5.41, 5.74) is 6.66. The molecule has 0 aliphatic heterocycles. The topological polar surface area (TPSA) is 53.2 Å². The summed E-state index contributed by atoms with van der Waals surface area (Å²) in [6.07, 6.45) is 5.77. The van der Waals surface area contributed by atoms with Crippen molar-refractivity contribution in [3.05, 3.63) is 83.9 Å². The van der Waals surface area contributed by atoms with Gasteiger partial charge in [-0.25, -0.2) is 4.79 Å². The third kappa shape index (κ3) is 6.29. The average molecular weight is 484 g/mol. The highest BCUT2D eigenvalue weighted by Gasteiger charge is 2.27. The molecule has 1 saturated carbocycles. The fourth-order valence-electron chi connectivity index (χ4n) is 5.37. The molecule has 2 amide bonds. The van der Waals surface area contributed by atoms with Crippen molar-refractivity contribution >= 4 is 17.4 Å². The summed E-state index contributed by atoms with van der Waals surface area (Å²) in [7, 11) is 0. The first-order chi connectivity index (χ1) is 17.4. The number of carbonyl (C=O) groups is 1. The zero-order valence-electron chi connectivity index (χ0n) is 22.2. The highest BCUT2D eigenvalue weighted by Crippen LogP contribution is 2.34. The number of carbonyl (C=O) groups excluding carboxylic acids is 1. The van der Waals surface area contributed by atoms with Gasteiger partial charge in [0.05, 0.1) is 0 Å². The van der Waals surface area contributed by atoms with Gasteiger partial charge in [-0.15, -0.1) is 0 Å². The molecule has 0 aromatic heterocycles. The third-order valence-electron chi connectivity index (χ3n) is 7.34. The Morgan fingerprint density at radius 2 is 1.36 bits per heavy atom. The number of anilines is 2. The summed E-state index contributed by atoms with van der Waals surface area (Å²) in [6.45, 7) is 8.70. The molecule has 1 aliphatic carbocycles. The van der Waals surface area contributed by atoms with Crippen LogP contribution in [0.4, 0.5) is 16.2 Å². The number of rotatable bonds is 8. The number of nitrogens with one attached hydrogen (secondary N) is 3. The molecule has 0 heterocycles. The maximum absolute atomic E-state index is 13.5. The van der Waals surface area contributed by atoms with Crippen LogP contribution in [0.15, 0.2) is 72.8 Å². The lowest BCUT2D eigenvalue weighted by atomic mass is 9.86. The molecule has 0 radical (unpaired) electrons. The second-order valence-electron chi connectivity index (χ2n) is 10.7. The van der Waals surface area contributed by atoms with Crippen molar-refractivity contribution < 1.29 is 4.79 Å². The van der Waals surface area contributed by atoms with Crippen molar-refractivity contribution in [1.29, 1.82) is 0 Å². The molecule has 0 spiro atoms. The third-order valence-corrected chi connectivity index (χ3v) is 7.34. The Kier molecular flexibility index (Phi) is 8.69. The zero-order valence-corrected chi connectivity index (χ0v) is 22.2. The van der Waals surface area contributed by atoms with Gasteiger partial charge < -0.3 is 16.0 Å². The number of para-hydroxylation sites is 2. The first-order valence-electron chi connectivity index (χ1n) is 13.6. The Morgan fingerprint density at radius 1 is 0.750 bits per heavy atom. The van der Waals surface area contributed by atoms with Gasteiger partial charge in [-0.3, -0.25) is 0 Å². The number of benzene rings is 3. The molecular formula is C32H41N3O. The van der Waals surface area contributed by atoms with Gasteiger partial charge in [0, 0.05) is 16.9 Å². The van der Waals surface area contributed by atoms with E-state index in [0.717, 1.165) is 29.8 Å². The van der Waals surface area contributed by atoms with Gasteiger partial charge in [-0.1, -0.05) is 114 Å². The van der Waals surface area contributed by atoms with Gasteiger partial charge in [-0.05, 0) is 53.4 Å². The van der Waals surface area contributed by atoms with Crippen LogP contribution in [0.25, 0.3) is 11.1 Å². The lowest BCUT2D eigenvalue weighted by Crippen LogP contribution is -2.48. The smallest absolute Gasteiger partial charge is 0.320 e. The molecule has 36 heavy (non-hydrogen) atoms. The Hall–Kier alpha value is -3.27. The van der Waals surface area contributed by atoms with Crippen LogP contribution in [-0.4, -0.2) is 12.2 Å². The Balaban J connectivity index is 1.60. The van der Waals surface area contributed by atoms with Crippen molar-refractivity contribution in [2.24, 2.45) is 5.92 Å². The van der Waals surface area contributed by atoms with Crippen LogP contribution in [0.1, 0.15) is 82.8 Å². The van der Waals surface area contributed by atoms with E-state index in [-0.39, 0.29) is 12.2 Å². The van der Waals surface area contributed by atoms with E-state index in [4.69, 9.17) is 0 Å². The number of urea groups is 1. The molecule has 4 heteroatoms. The Morgan fingerprint density at radius 3 is 2.00 bits per heavy atom. The van der Waals surface area contributed by atoms with Crippen LogP contribution in [0.3, 0.4) is 0 Å². The van der Waals surface area contributed by atoms with Gasteiger partial charge in [-0.2, -0.15) is 0 Å². The monoisotopic (exact) mass is 483 g/mol. The highest BCUT2D eigenvalue weighted by molar-refractivity contribution is 5.92. The van der Waals surface area contributed by atoms with E-state index in [9.17, 15) is 4.79 Å². The summed E-state index contributed by atoms with van der Waals surface area (Å²) in [5.74, 6) is 1.03. The average Bonchev–Trinajstić information content (AvgIpc) is 2.89. The van der Waals surface area contributed by atoms with Gasteiger partial charge in [0.15, 0.2) is 0 Å². The fourth-order valence-corrected chi connectivity index (χ4v) is 5.37. The van der Waals surface area contributed by atoms with Gasteiger partial charge in [0.1, 0.15) is 6.17 Å². The maximum Gasteiger partial charge on any atom is 0.320 e. The van der Waals surface area contributed by atoms with Crippen molar-refractivity contribution in [2.75, 3.05) is 10.6 Å². The van der Waals surface area contributed by atoms with E-state index >= 15 is 0 Å². The molecule has 1 fully saturated rings. The molecule has 1 unspecified atom stereocenters. The van der Waals surface area contributed by atoms with Crippen molar-refractivity contribution in [2.45, 2.75) is 77.8 Å². The van der Waals surface area contributed by atoms with Crippen LogP contribution in [0.5, 0.6) is 0 Å². The number of hydrogen-bond acceptors (Lipinski definition) is 2. The van der Waals surface area contributed by atoms with Crippen LogP contribution < -0.4 is 16.0 Å². The molecule has 0 bridgehead atoms.